The number of halogens is 2. The van der Waals surface area contributed by atoms with Gasteiger partial charge in [-0.3, -0.25) is 4.57 Å². The molecule has 2 N–H and O–H groups in total. The fourth-order valence-electron chi connectivity index (χ4n) is 0.570. The standard InChI is InChI=1S/C5H12Cl2NO2P/c6-2-1-5-11(9,10)8-4-3-7/h1-5H2,(H2,8,9,10). The first-order valence-corrected chi connectivity index (χ1v) is 6.22. The summed E-state index contributed by atoms with van der Waals surface area (Å²) in [6, 6.07) is 0. The Hall–Kier alpha value is 0.730. The van der Waals surface area contributed by atoms with Crippen LogP contribution in [0.15, 0.2) is 0 Å². The highest BCUT2D eigenvalue weighted by atomic mass is 35.5. The first kappa shape index (κ1) is 11.7. The van der Waals surface area contributed by atoms with Gasteiger partial charge in [-0.25, -0.2) is 5.09 Å². The summed E-state index contributed by atoms with van der Waals surface area (Å²) in [4.78, 5) is 9.10. The lowest BCUT2D eigenvalue weighted by Crippen LogP contribution is -2.15. The van der Waals surface area contributed by atoms with Gasteiger partial charge in [-0.05, 0) is 6.42 Å². The molecule has 0 radical (unpaired) electrons. The van der Waals surface area contributed by atoms with E-state index in [1.807, 2.05) is 0 Å². The third-order valence-electron chi connectivity index (χ3n) is 1.05. The van der Waals surface area contributed by atoms with E-state index in [9.17, 15) is 4.57 Å². The molecular formula is C5H12Cl2NO2P. The maximum atomic E-state index is 11.1. The second-order valence-corrected chi connectivity index (χ2v) is 4.99. The number of nitrogens with one attached hydrogen (secondary N) is 1. The Balaban J connectivity index is 3.53. The van der Waals surface area contributed by atoms with Crippen molar-refractivity contribution in [2.24, 2.45) is 0 Å². The van der Waals surface area contributed by atoms with E-state index in [1.165, 1.54) is 0 Å². The average molecular weight is 220 g/mol. The third-order valence-corrected chi connectivity index (χ3v) is 3.14. The molecule has 0 aromatic carbocycles. The molecular weight excluding hydrogens is 208 g/mol. The van der Waals surface area contributed by atoms with Gasteiger partial charge in [0.15, 0.2) is 0 Å². The maximum absolute atomic E-state index is 11.1. The molecule has 3 nitrogen and oxygen atoms in total. The quantitative estimate of drug-likeness (QED) is 0.528. The highest BCUT2D eigenvalue weighted by molar-refractivity contribution is 7.55. The van der Waals surface area contributed by atoms with Gasteiger partial charge >= 0.3 is 0 Å². The molecule has 0 rings (SSSR count). The Labute approximate surface area is 76.6 Å². The summed E-state index contributed by atoms with van der Waals surface area (Å²) in [7, 11) is -3.14. The Bertz CT molecular complexity index is 132. The predicted molar refractivity (Wildman–Crippen MR) is 48.8 cm³/mol. The van der Waals surface area contributed by atoms with Crippen LogP contribution in [-0.4, -0.2) is 29.4 Å². The summed E-state index contributed by atoms with van der Waals surface area (Å²) in [6.45, 7) is 0.359. The van der Waals surface area contributed by atoms with E-state index < -0.39 is 7.52 Å². The molecule has 0 saturated carbocycles. The van der Waals surface area contributed by atoms with Crippen molar-refractivity contribution in [3.05, 3.63) is 0 Å². The maximum Gasteiger partial charge on any atom is 0.267 e. The van der Waals surface area contributed by atoms with Crippen molar-refractivity contribution < 1.29 is 9.46 Å². The van der Waals surface area contributed by atoms with E-state index in [1.54, 1.807) is 0 Å². The Morgan fingerprint density at radius 3 is 2.45 bits per heavy atom. The van der Waals surface area contributed by atoms with Crippen LogP contribution >= 0.6 is 30.7 Å². The van der Waals surface area contributed by atoms with Crippen molar-refractivity contribution in [1.29, 1.82) is 0 Å². The lowest BCUT2D eigenvalue weighted by Gasteiger charge is -2.10. The van der Waals surface area contributed by atoms with Crippen molar-refractivity contribution in [2.75, 3.05) is 24.5 Å². The predicted octanol–water partition coefficient (Wildman–Crippen LogP) is 1.63. The van der Waals surface area contributed by atoms with Crippen LogP contribution in [0.2, 0.25) is 0 Å². The summed E-state index contributed by atoms with van der Waals surface area (Å²) in [5.74, 6) is 0.749. The first-order chi connectivity index (χ1) is 5.12. The molecule has 0 aliphatic heterocycles. The zero-order chi connectivity index (χ0) is 8.74. The lowest BCUT2D eigenvalue weighted by molar-refractivity contribution is 0.464. The van der Waals surface area contributed by atoms with Gasteiger partial charge in [0.25, 0.3) is 7.52 Å². The van der Waals surface area contributed by atoms with Crippen LogP contribution in [0.25, 0.3) is 0 Å². The van der Waals surface area contributed by atoms with Gasteiger partial charge in [0.1, 0.15) is 0 Å². The number of rotatable bonds is 6. The van der Waals surface area contributed by atoms with Crippen LogP contribution in [0.3, 0.4) is 0 Å². The van der Waals surface area contributed by atoms with E-state index >= 15 is 0 Å². The molecule has 1 unspecified atom stereocenters. The number of alkyl halides is 2. The summed E-state index contributed by atoms with van der Waals surface area (Å²) < 4.78 is 11.1. The van der Waals surface area contributed by atoms with Crippen molar-refractivity contribution >= 4 is 30.7 Å². The second-order valence-electron chi connectivity index (χ2n) is 2.06. The average Bonchev–Trinajstić information content (AvgIpc) is 1.97. The molecule has 0 spiro atoms. The molecule has 1 atom stereocenters. The normalized spacial score (nSPS) is 16.3. The molecule has 0 aromatic heterocycles. The molecule has 0 amide bonds. The SMILES string of the molecule is O=P(O)(CCCCl)NCCCl. The van der Waals surface area contributed by atoms with Gasteiger partial charge in [0.2, 0.25) is 0 Å². The Morgan fingerprint density at radius 2 is 2.00 bits per heavy atom. The minimum Gasteiger partial charge on any atom is -0.333 e. The van der Waals surface area contributed by atoms with Crippen molar-refractivity contribution in [3.8, 4) is 0 Å². The van der Waals surface area contributed by atoms with Crippen LogP contribution < -0.4 is 5.09 Å². The van der Waals surface area contributed by atoms with Crippen LogP contribution in [-0.2, 0) is 4.57 Å². The molecule has 0 heterocycles. The zero-order valence-electron chi connectivity index (χ0n) is 6.09. The number of hydrogen-bond donors (Lipinski definition) is 2. The van der Waals surface area contributed by atoms with Crippen LogP contribution in [0, 0.1) is 0 Å². The van der Waals surface area contributed by atoms with Crippen LogP contribution in [0.1, 0.15) is 6.42 Å². The lowest BCUT2D eigenvalue weighted by atomic mass is 10.6. The smallest absolute Gasteiger partial charge is 0.267 e. The fourth-order valence-corrected chi connectivity index (χ4v) is 2.32. The first-order valence-electron chi connectivity index (χ1n) is 3.31. The molecule has 0 fully saturated rings. The fraction of sp³-hybridized carbons (Fsp3) is 1.00. The Kier molecular flexibility index (Phi) is 6.68. The Morgan fingerprint density at radius 1 is 1.36 bits per heavy atom. The molecule has 6 heteroatoms. The van der Waals surface area contributed by atoms with E-state index in [0.29, 0.717) is 24.7 Å². The molecule has 0 bridgehead atoms. The molecule has 11 heavy (non-hydrogen) atoms. The van der Waals surface area contributed by atoms with Crippen LogP contribution in [0.4, 0.5) is 0 Å². The van der Waals surface area contributed by atoms with E-state index in [0.717, 1.165) is 0 Å². The van der Waals surface area contributed by atoms with Gasteiger partial charge in [0.05, 0.1) is 0 Å². The highest BCUT2D eigenvalue weighted by Gasteiger charge is 2.14. The molecule has 0 aliphatic carbocycles. The molecule has 0 saturated heterocycles. The molecule has 0 aromatic rings. The van der Waals surface area contributed by atoms with Crippen molar-refractivity contribution in [1.82, 2.24) is 5.09 Å². The van der Waals surface area contributed by atoms with E-state index in [2.05, 4.69) is 5.09 Å². The van der Waals surface area contributed by atoms with Crippen molar-refractivity contribution in [3.63, 3.8) is 0 Å². The zero-order valence-corrected chi connectivity index (χ0v) is 8.50. The summed E-state index contributed by atoms with van der Waals surface area (Å²) in [5, 5.41) is 2.46. The molecule has 68 valence electrons. The van der Waals surface area contributed by atoms with Gasteiger partial charge in [-0.15, -0.1) is 23.2 Å². The molecule has 0 aliphatic rings. The minimum atomic E-state index is -3.14. The third kappa shape index (κ3) is 7.10. The topological polar surface area (TPSA) is 49.3 Å². The van der Waals surface area contributed by atoms with E-state index in [4.69, 9.17) is 28.1 Å². The monoisotopic (exact) mass is 219 g/mol. The van der Waals surface area contributed by atoms with E-state index in [-0.39, 0.29) is 6.16 Å². The minimum absolute atomic E-state index is 0.216. The summed E-state index contributed by atoms with van der Waals surface area (Å²) in [6.07, 6.45) is 0.762. The van der Waals surface area contributed by atoms with Crippen LogP contribution in [0.5, 0.6) is 0 Å². The van der Waals surface area contributed by atoms with Gasteiger partial charge in [0, 0.05) is 24.5 Å². The summed E-state index contributed by atoms with van der Waals surface area (Å²) in [5.41, 5.74) is 0. The highest BCUT2D eigenvalue weighted by Crippen LogP contribution is 2.35. The second kappa shape index (κ2) is 6.27. The van der Waals surface area contributed by atoms with Gasteiger partial charge in [-0.2, -0.15) is 0 Å². The van der Waals surface area contributed by atoms with Gasteiger partial charge < -0.3 is 4.89 Å². The van der Waals surface area contributed by atoms with Crippen molar-refractivity contribution in [2.45, 2.75) is 6.42 Å². The largest absolute Gasteiger partial charge is 0.333 e. The number of hydrogen-bond acceptors (Lipinski definition) is 1. The summed E-state index contributed by atoms with van der Waals surface area (Å²) >= 11 is 10.7. The van der Waals surface area contributed by atoms with Gasteiger partial charge in [-0.1, -0.05) is 0 Å².